The van der Waals surface area contributed by atoms with Gasteiger partial charge in [0.15, 0.2) is 0 Å². The molecule has 1 amide bonds. The normalized spacial score (nSPS) is 11.0. The van der Waals surface area contributed by atoms with E-state index in [1.165, 1.54) is 0 Å². The predicted molar refractivity (Wildman–Crippen MR) is 108 cm³/mol. The molecular weight excluding hydrogens is 328 g/mol. The Bertz CT molecular complexity index is 898. The van der Waals surface area contributed by atoms with E-state index >= 15 is 0 Å². The molecule has 0 bridgehead atoms. The number of nitrogens with zero attached hydrogens (tertiary/aromatic N) is 1. The van der Waals surface area contributed by atoms with Gasteiger partial charge in [-0.05, 0) is 49.4 Å². The third kappa shape index (κ3) is 3.59. The number of anilines is 1. The molecular formula is C21H24N2OS. The van der Waals surface area contributed by atoms with Gasteiger partial charge >= 0.3 is 0 Å². The fourth-order valence-electron chi connectivity index (χ4n) is 3.21. The molecule has 130 valence electrons. The van der Waals surface area contributed by atoms with Gasteiger partial charge in [-0.15, -0.1) is 11.8 Å². The molecule has 0 radical (unpaired) electrons. The molecule has 4 heteroatoms. The van der Waals surface area contributed by atoms with Gasteiger partial charge in [-0.25, -0.2) is 0 Å². The zero-order chi connectivity index (χ0) is 17.8. The Balaban J connectivity index is 2.01. The minimum absolute atomic E-state index is 0.0388. The van der Waals surface area contributed by atoms with Crippen LogP contribution in [0.5, 0.6) is 0 Å². The first kappa shape index (κ1) is 17.6. The van der Waals surface area contributed by atoms with Crippen LogP contribution in [0.4, 0.5) is 5.69 Å². The molecule has 1 N–H and O–H groups in total. The highest BCUT2D eigenvalue weighted by molar-refractivity contribution is 7.98. The van der Waals surface area contributed by atoms with Gasteiger partial charge in [-0.1, -0.05) is 37.6 Å². The van der Waals surface area contributed by atoms with Crippen molar-refractivity contribution < 1.29 is 4.79 Å². The Morgan fingerprint density at radius 1 is 1.16 bits per heavy atom. The minimum atomic E-state index is -0.0388. The van der Waals surface area contributed by atoms with Gasteiger partial charge in [0.1, 0.15) is 5.69 Å². The van der Waals surface area contributed by atoms with Crippen molar-refractivity contribution in [2.75, 3.05) is 11.6 Å². The first-order chi connectivity index (χ1) is 12.2. The number of aromatic nitrogens is 1. The molecule has 0 spiro atoms. The second kappa shape index (κ2) is 7.79. The second-order valence-electron chi connectivity index (χ2n) is 6.18. The van der Waals surface area contributed by atoms with Crippen molar-refractivity contribution in [3.63, 3.8) is 0 Å². The Morgan fingerprint density at radius 3 is 2.72 bits per heavy atom. The van der Waals surface area contributed by atoms with Crippen LogP contribution in [-0.4, -0.2) is 16.7 Å². The maximum absolute atomic E-state index is 13.0. The lowest BCUT2D eigenvalue weighted by molar-refractivity contribution is 0.101. The summed E-state index contributed by atoms with van der Waals surface area (Å²) in [4.78, 5) is 14.2. The van der Waals surface area contributed by atoms with Crippen LogP contribution < -0.4 is 5.32 Å². The SMILES string of the molecule is CCCCn1c(C(=O)Nc2cccc(SC)c2)c(C)c2ccccc21. The molecule has 3 nitrogen and oxygen atoms in total. The van der Waals surface area contributed by atoms with Gasteiger partial charge < -0.3 is 9.88 Å². The third-order valence-corrected chi connectivity index (χ3v) is 5.23. The van der Waals surface area contributed by atoms with E-state index in [-0.39, 0.29) is 5.91 Å². The maximum Gasteiger partial charge on any atom is 0.272 e. The summed E-state index contributed by atoms with van der Waals surface area (Å²) in [5.74, 6) is -0.0388. The second-order valence-corrected chi connectivity index (χ2v) is 7.06. The highest BCUT2D eigenvalue weighted by Crippen LogP contribution is 2.27. The number of nitrogens with one attached hydrogen (secondary N) is 1. The number of rotatable bonds is 6. The molecule has 25 heavy (non-hydrogen) atoms. The number of thioether (sulfide) groups is 1. The molecule has 0 atom stereocenters. The summed E-state index contributed by atoms with van der Waals surface area (Å²) in [6.45, 7) is 5.07. The number of unbranched alkanes of at least 4 members (excludes halogenated alkanes) is 1. The number of hydrogen-bond donors (Lipinski definition) is 1. The van der Waals surface area contributed by atoms with E-state index in [4.69, 9.17) is 0 Å². The van der Waals surface area contributed by atoms with E-state index in [1.54, 1.807) is 11.8 Å². The van der Waals surface area contributed by atoms with Crippen molar-refractivity contribution in [2.45, 2.75) is 38.1 Å². The largest absolute Gasteiger partial charge is 0.336 e. The molecule has 0 aliphatic carbocycles. The summed E-state index contributed by atoms with van der Waals surface area (Å²) in [5.41, 5.74) is 3.79. The number of carbonyl (C=O) groups excluding carboxylic acids is 1. The highest BCUT2D eigenvalue weighted by atomic mass is 32.2. The predicted octanol–water partition coefficient (Wildman–Crippen LogP) is 5.72. The van der Waals surface area contributed by atoms with Crippen LogP contribution in [0.15, 0.2) is 53.4 Å². The Kier molecular flexibility index (Phi) is 5.49. The lowest BCUT2D eigenvalue weighted by Crippen LogP contribution is -2.18. The first-order valence-electron chi connectivity index (χ1n) is 8.69. The standard InChI is InChI=1S/C21H24N2OS/c1-4-5-13-23-19-12-7-6-11-18(19)15(2)20(23)21(24)22-16-9-8-10-17(14-16)25-3/h6-12,14H,4-5,13H2,1-3H3,(H,22,24). The average Bonchev–Trinajstić information content (AvgIpc) is 2.92. The van der Waals surface area contributed by atoms with Crippen molar-refractivity contribution >= 4 is 34.3 Å². The number of carbonyl (C=O) groups is 1. The highest BCUT2D eigenvalue weighted by Gasteiger charge is 2.20. The van der Waals surface area contributed by atoms with Crippen molar-refractivity contribution in [1.82, 2.24) is 4.57 Å². The number of benzene rings is 2. The van der Waals surface area contributed by atoms with E-state index in [2.05, 4.69) is 28.9 Å². The maximum atomic E-state index is 13.0. The van der Waals surface area contributed by atoms with Crippen molar-refractivity contribution in [3.05, 3.63) is 59.8 Å². The smallest absolute Gasteiger partial charge is 0.272 e. The molecule has 0 aliphatic rings. The fourth-order valence-corrected chi connectivity index (χ4v) is 3.67. The number of fused-ring (bicyclic) bond motifs is 1. The number of para-hydroxylation sites is 1. The van der Waals surface area contributed by atoms with Crippen molar-refractivity contribution in [3.8, 4) is 0 Å². The summed E-state index contributed by atoms with van der Waals surface area (Å²) in [7, 11) is 0. The van der Waals surface area contributed by atoms with Crippen LogP contribution in [-0.2, 0) is 6.54 Å². The Hall–Kier alpha value is -2.20. The number of aryl methyl sites for hydroxylation is 2. The van der Waals surface area contributed by atoms with E-state index in [0.717, 1.165) is 52.1 Å². The van der Waals surface area contributed by atoms with Crippen molar-refractivity contribution in [1.29, 1.82) is 0 Å². The molecule has 0 saturated heterocycles. The van der Waals surface area contributed by atoms with Crippen LogP contribution >= 0.6 is 11.8 Å². The van der Waals surface area contributed by atoms with E-state index in [9.17, 15) is 4.79 Å². The van der Waals surface area contributed by atoms with Crippen molar-refractivity contribution in [2.24, 2.45) is 0 Å². The topological polar surface area (TPSA) is 34.0 Å². The van der Waals surface area contributed by atoms with Crippen LogP contribution in [0, 0.1) is 6.92 Å². The van der Waals surface area contributed by atoms with E-state index in [1.807, 2.05) is 49.6 Å². The summed E-state index contributed by atoms with van der Waals surface area (Å²) in [5, 5.41) is 4.23. The zero-order valence-corrected chi connectivity index (χ0v) is 15.8. The fraction of sp³-hybridized carbons (Fsp3) is 0.286. The van der Waals surface area contributed by atoms with Gasteiger partial charge in [-0.2, -0.15) is 0 Å². The minimum Gasteiger partial charge on any atom is -0.336 e. The summed E-state index contributed by atoms with van der Waals surface area (Å²) in [6, 6.07) is 16.2. The van der Waals surface area contributed by atoms with Gasteiger partial charge in [0.05, 0.1) is 0 Å². The molecule has 3 aromatic rings. The van der Waals surface area contributed by atoms with Crippen LogP contribution in [0.1, 0.15) is 35.8 Å². The summed E-state index contributed by atoms with van der Waals surface area (Å²) in [6.07, 6.45) is 4.19. The van der Waals surface area contributed by atoms with Gasteiger partial charge in [0.25, 0.3) is 5.91 Å². The molecule has 0 saturated carbocycles. The van der Waals surface area contributed by atoms with Gasteiger partial charge in [0.2, 0.25) is 0 Å². The number of hydrogen-bond acceptors (Lipinski definition) is 2. The lowest BCUT2D eigenvalue weighted by atomic mass is 10.1. The van der Waals surface area contributed by atoms with Gasteiger partial charge in [0, 0.05) is 28.0 Å². The molecule has 0 fully saturated rings. The van der Waals surface area contributed by atoms with E-state index < -0.39 is 0 Å². The molecule has 1 heterocycles. The molecule has 3 rings (SSSR count). The Morgan fingerprint density at radius 2 is 1.96 bits per heavy atom. The van der Waals surface area contributed by atoms with E-state index in [0.29, 0.717) is 0 Å². The zero-order valence-electron chi connectivity index (χ0n) is 15.0. The van der Waals surface area contributed by atoms with Gasteiger partial charge in [-0.3, -0.25) is 4.79 Å². The summed E-state index contributed by atoms with van der Waals surface area (Å²) < 4.78 is 2.17. The summed E-state index contributed by atoms with van der Waals surface area (Å²) >= 11 is 1.67. The van der Waals surface area contributed by atoms with Crippen LogP contribution in [0.25, 0.3) is 10.9 Å². The average molecular weight is 353 g/mol. The van der Waals surface area contributed by atoms with Crippen LogP contribution in [0.2, 0.25) is 0 Å². The third-order valence-electron chi connectivity index (χ3n) is 4.50. The lowest BCUT2D eigenvalue weighted by Gasteiger charge is -2.12. The molecule has 2 aromatic carbocycles. The molecule has 0 aliphatic heterocycles. The van der Waals surface area contributed by atoms with Crippen LogP contribution in [0.3, 0.4) is 0 Å². The monoisotopic (exact) mass is 352 g/mol. The molecule has 0 unspecified atom stereocenters. The Labute approximate surface area is 153 Å². The molecule has 1 aromatic heterocycles. The quantitative estimate of drug-likeness (QED) is 0.575. The number of amides is 1. The first-order valence-corrected chi connectivity index (χ1v) is 9.91.